The van der Waals surface area contributed by atoms with Gasteiger partial charge < -0.3 is 19.3 Å². The van der Waals surface area contributed by atoms with E-state index in [-0.39, 0.29) is 18.5 Å². The van der Waals surface area contributed by atoms with E-state index in [1.807, 2.05) is 25.1 Å². The zero-order valence-electron chi connectivity index (χ0n) is 12.1. The number of hydrogen-bond acceptors (Lipinski definition) is 7. The third-order valence-electron chi connectivity index (χ3n) is 3.11. The van der Waals surface area contributed by atoms with Gasteiger partial charge in [-0.05, 0) is 6.07 Å². The van der Waals surface area contributed by atoms with Crippen molar-refractivity contribution in [2.45, 2.75) is 12.5 Å². The van der Waals surface area contributed by atoms with Gasteiger partial charge in [0.15, 0.2) is 0 Å². The minimum absolute atomic E-state index is 0.158. The Morgan fingerprint density at radius 2 is 2.40 bits per heavy atom. The summed E-state index contributed by atoms with van der Waals surface area (Å²) in [6, 6.07) is 1.87. The molecule has 7 nitrogen and oxygen atoms in total. The van der Waals surface area contributed by atoms with Crippen LogP contribution in [-0.4, -0.2) is 62.9 Å². The lowest BCUT2D eigenvalue weighted by molar-refractivity contribution is -0.144. The lowest BCUT2D eigenvalue weighted by Gasteiger charge is -2.33. The molecule has 1 fully saturated rings. The van der Waals surface area contributed by atoms with Gasteiger partial charge >= 0.3 is 5.97 Å². The normalized spacial score (nSPS) is 18.8. The van der Waals surface area contributed by atoms with Crippen molar-refractivity contribution >= 4 is 17.7 Å². The third kappa shape index (κ3) is 3.57. The predicted octanol–water partition coefficient (Wildman–Crippen LogP) is 0.311. The first-order valence-electron chi connectivity index (χ1n) is 6.54. The summed E-state index contributed by atoms with van der Waals surface area (Å²) in [4.78, 5) is 24.0. The highest BCUT2D eigenvalue weighted by atomic mass is 16.5. The third-order valence-corrected chi connectivity index (χ3v) is 3.11. The van der Waals surface area contributed by atoms with Gasteiger partial charge in [-0.15, -0.1) is 0 Å². The van der Waals surface area contributed by atoms with E-state index >= 15 is 0 Å². The Hall–Kier alpha value is -1.89. The molecule has 1 aliphatic heterocycles. The van der Waals surface area contributed by atoms with Gasteiger partial charge in [-0.3, -0.25) is 4.79 Å². The number of carbonyl (C=O) groups is 1. The molecule has 2 heterocycles. The number of ether oxygens (including phenoxy) is 2. The molecule has 1 aliphatic rings. The monoisotopic (exact) mass is 280 g/mol. The molecule has 0 amide bonds. The van der Waals surface area contributed by atoms with Crippen molar-refractivity contribution in [3.63, 3.8) is 0 Å². The van der Waals surface area contributed by atoms with Crippen molar-refractivity contribution in [1.82, 2.24) is 9.97 Å². The highest BCUT2D eigenvalue weighted by molar-refractivity contribution is 5.69. The topological polar surface area (TPSA) is 67.8 Å². The van der Waals surface area contributed by atoms with Gasteiger partial charge in [0.1, 0.15) is 5.82 Å². The Morgan fingerprint density at radius 3 is 3.10 bits per heavy atom. The molecule has 0 aliphatic carbocycles. The van der Waals surface area contributed by atoms with Crippen LogP contribution in [0.3, 0.4) is 0 Å². The second-order valence-corrected chi connectivity index (χ2v) is 4.83. The number of anilines is 2. The average Bonchev–Trinajstić information content (AvgIpc) is 2.47. The number of methoxy groups -OCH3 is 1. The summed E-state index contributed by atoms with van der Waals surface area (Å²) in [6.07, 6.45) is 1.84. The van der Waals surface area contributed by atoms with Crippen LogP contribution in [0.2, 0.25) is 0 Å². The second kappa shape index (κ2) is 6.51. The van der Waals surface area contributed by atoms with Crippen LogP contribution in [0, 0.1) is 0 Å². The Labute approximate surface area is 118 Å². The Kier molecular flexibility index (Phi) is 4.73. The van der Waals surface area contributed by atoms with Crippen LogP contribution in [-0.2, 0) is 14.3 Å². The maximum Gasteiger partial charge on any atom is 0.308 e. The van der Waals surface area contributed by atoms with Gasteiger partial charge in [-0.25, -0.2) is 4.98 Å². The van der Waals surface area contributed by atoms with E-state index in [9.17, 15) is 4.79 Å². The quantitative estimate of drug-likeness (QED) is 0.735. The van der Waals surface area contributed by atoms with Crippen LogP contribution in [0.5, 0.6) is 0 Å². The Morgan fingerprint density at radius 1 is 1.60 bits per heavy atom. The maximum atomic E-state index is 11.3. The first-order valence-corrected chi connectivity index (χ1v) is 6.54. The molecule has 0 aromatic carbocycles. The Bertz CT molecular complexity index is 467. The molecule has 1 saturated heterocycles. The number of esters is 1. The van der Waals surface area contributed by atoms with E-state index < -0.39 is 0 Å². The molecular formula is C13H20N4O3. The average molecular weight is 280 g/mol. The van der Waals surface area contributed by atoms with E-state index in [0.29, 0.717) is 19.1 Å². The molecule has 110 valence electrons. The summed E-state index contributed by atoms with van der Waals surface area (Å²) in [5.74, 6) is 1.26. The van der Waals surface area contributed by atoms with Crippen molar-refractivity contribution < 1.29 is 14.3 Å². The number of carbonyl (C=O) groups excluding carboxylic acids is 1. The number of morpholine rings is 1. The zero-order chi connectivity index (χ0) is 14.5. The zero-order valence-corrected chi connectivity index (χ0v) is 12.1. The number of rotatable bonds is 4. The summed E-state index contributed by atoms with van der Waals surface area (Å²) in [5.41, 5.74) is 0. The van der Waals surface area contributed by atoms with Crippen molar-refractivity contribution in [3.05, 3.63) is 12.3 Å². The van der Waals surface area contributed by atoms with Gasteiger partial charge in [0.25, 0.3) is 0 Å². The summed E-state index contributed by atoms with van der Waals surface area (Å²) in [5, 5.41) is 0. The van der Waals surface area contributed by atoms with Crippen molar-refractivity contribution in [2.75, 3.05) is 50.7 Å². The van der Waals surface area contributed by atoms with E-state index in [2.05, 4.69) is 19.6 Å². The van der Waals surface area contributed by atoms with Crippen LogP contribution in [0.15, 0.2) is 12.3 Å². The van der Waals surface area contributed by atoms with Crippen LogP contribution in [0.25, 0.3) is 0 Å². The second-order valence-electron chi connectivity index (χ2n) is 4.83. The molecule has 1 unspecified atom stereocenters. The minimum atomic E-state index is -0.256. The van der Waals surface area contributed by atoms with Crippen LogP contribution < -0.4 is 9.80 Å². The summed E-state index contributed by atoms with van der Waals surface area (Å²) < 4.78 is 10.3. The minimum Gasteiger partial charge on any atom is -0.469 e. The van der Waals surface area contributed by atoms with Gasteiger partial charge in [0.2, 0.25) is 5.95 Å². The van der Waals surface area contributed by atoms with Crippen LogP contribution >= 0.6 is 0 Å². The first kappa shape index (κ1) is 14.5. The predicted molar refractivity (Wildman–Crippen MR) is 74.9 cm³/mol. The fraction of sp³-hybridized carbons (Fsp3) is 0.615. The SMILES string of the molecule is COC(=O)CC1CN(c2ccnc(N(C)C)n2)CCO1. The van der Waals surface area contributed by atoms with Crippen LogP contribution in [0.4, 0.5) is 11.8 Å². The fourth-order valence-corrected chi connectivity index (χ4v) is 2.05. The molecular weight excluding hydrogens is 260 g/mol. The lowest BCUT2D eigenvalue weighted by Crippen LogP contribution is -2.44. The highest BCUT2D eigenvalue weighted by Crippen LogP contribution is 2.18. The van der Waals surface area contributed by atoms with Gasteiger partial charge in [-0.1, -0.05) is 0 Å². The molecule has 0 bridgehead atoms. The maximum absolute atomic E-state index is 11.3. The standard InChI is InChI=1S/C13H20N4O3/c1-16(2)13-14-5-4-11(15-13)17-6-7-20-10(9-17)8-12(18)19-3/h4-5,10H,6-9H2,1-3H3. The number of nitrogens with zero attached hydrogens (tertiary/aromatic N) is 4. The van der Waals surface area contributed by atoms with E-state index in [1.54, 1.807) is 6.20 Å². The van der Waals surface area contributed by atoms with E-state index in [4.69, 9.17) is 4.74 Å². The molecule has 20 heavy (non-hydrogen) atoms. The summed E-state index contributed by atoms with van der Waals surface area (Å²) >= 11 is 0. The summed E-state index contributed by atoms with van der Waals surface area (Å²) in [7, 11) is 5.19. The van der Waals surface area contributed by atoms with Gasteiger partial charge in [0, 0.05) is 33.4 Å². The highest BCUT2D eigenvalue weighted by Gasteiger charge is 2.24. The number of aromatic nitrogens is 2. The van der Waals surface area contributed by atoms with E-state index in [0.717, 1.165) is 12.4 Å². The molecule has 0 spiro atoms. The lowest BCUT2D eigenvalue weighted by atomic mass is 10.2. The molecule has 2 rings (SSSR count). The van der Waals surface area contributed by atoms with Gasteiger partial charge in [0.05, 0.1) is 26.2 Å². The van der Waals surface area contributed by atoms with Crippen molar-refractivity contribution in [1.29, 1.82) is 0 Å². The first-order chi connectivity index (χ1) is 9.60. The molecule has 1 aromatic rings. The van der Waals surface area contributed by atoms with Crippen molar-refractivity contribution in [3.8, 4) is 0 Å². The summed E-state index contributed by atoms with van der Waals surface area (Å²) in [6.45, 7) is 1.95. The molecule has 0 N–H and O–H groups in total. The number of hydrogen-bond donors (Lipinski definition) is 0. The molecule has 1 aromatic heterocycles. The Balaban J connectivity index is 2.05. The molecule has 7 heteroatoms. The van der Waals surface area contributed by atoms with Gasteiger partial charge in [-0.2, -0.15) is 4.98 Å². The largest absolute Gasteiger partial charge is 0.469 e. The molecule has 1 atom stereocenters. The van der Waals surface area contributed by atoms with Crippen molar-refractivity contribution in [2.24, 2.45) is 0 Å². The van der Waals surface area contributed by atoms with Crippen LogP contribution in [0.1, 0.15) is 6.42 Å². The fourth-order valence-electron chi connectivity index (χ4n) is 2.05. The smallest absolute Gasteiger partial charge is 0.308 e. The molecule has 0 radical (unpaired) electrons. The van der Waals surface area contributed by atoms with E-state index in [1.165, 1.54) is 7.11 Å². The molecule has 0 saturated carbocycles.